The monoisotopic (exact) mass is 318 g/mol. The molecule has 0 radical (unpaired) electrons. The molecule has 7 nitrogen and oxygen atoms in total. The highest BCUT2D eigenvalue weighted by Crippen LogP contribution is 2.29. The zero-order valence-electron chi connectivity index (χ0n) is 12.6. The van der Waals surface area contributed by atoms with Crippen molar-refractivity contribution in [2.75, 3.05) is 39.4 Å². The lowest BCUT2D eigenvalue weighted by atomic mass is 9.88. The Morgan fingerprint density at radius 3 is 2.57 bits per heavy atom. The van der Waals surface area contributed by atoms with E-state index in [1.165, 1.54) is 6.07 Å². The molecule has 122 valence electrons. The van der Waals surface area contributed by atoms with Crippen LogP contribution in [0.25, 0.3) is 0 Å². The first-order valence-corrected chi connectivity index (χ1v) is 7.57. The fraction of sp³-hybridized carbons (Fsp3) is 0.438. The van der Waals surface area contributed by atoms with Gasteiger partial charge in [0, 0.05) is 31.7 Å². The molecule has 2 amide bonds. The first-order valence-electron chi connectivity index (χ1n) is 7.57. The molecular weight excluding hydrogens is 300 g/mol. The molecule has 1 N–H and O–H groups in total. The lowest BCUT2D eigenvalue weighted by Crippen LogP contribution is -2.50. The Kier molecular flexibility index (Phi) is 4.40. The fourth-order valence-corrected chi connectivity index (χ4v) is 2.99. The predicted molar refractivity (Wildman–Crippen MR) is 80.1 cm³/mol. The number of fused-ring (bicyclic) bond motifs is 1. The molecule has 1 aromatic carbocycles. The lowest BCUT2D eigenvalue weighted by molar-refractivity contribution is -0.146. The van der Waals surface area contributed by atoms with E-state index >= 15 is 0 Å². The summed E-state index contributed by atoms with van der Waals surface area (Å²) < 4.78 is 5.26. The van der Waals surface area contributed by atoms with Gasteiger partial charge >= 0.3 is 5.97 Å². The highest BCUT2D eigenvalue weighted by molar-refractivity contribution is 6.17. The number of carbonyl (C=O) groups excluding carboxylic acids is 2. The van der Waals surface area contributed by atoms with Gasteiger partial charge in [-0.3, -0.25) is 24.2 Å². The van der Waals surface area contributed by atoms with Crippen LogP contribution >= 0.6 is 0 Å². The minimum atomic E-state index is -1.31. The number of aliphatic carboxylic acids is 1. The summed E-state index contributed by atoms with van der Waals surface area (Å²) in [5, 5.41) is 9.39. The van der Waals surface area contributed by atoms with Gasteiger partial charge in [-0.2, -0.15) is 0 Å². The van der Waals surface area contributed by atoms with Crippen molar-refractivity contribution in [1.82, 2.24) is 9.80 Å². The van der Waals surface area contributed by atoms with Gasteiger partial charge in [0.1, 0.15) is 0 Å². The fourth-order valence-electron chi connectivity index (χ4n) is 2.99. The minimum absolute atomic E-state index is 0.190. The van der Waals surface area contributed by atoms with E-state index in [4.69, 9.17) is 4.74 Å². The highest BCUT2D eigenvalue weighted by atomic mass is 16.5. The lowest BCUT2D eigenvalue weighted by Gasteiger charge is -2.33. The molecule has 0 spiro atoms. The van der Waals surface area contributed by atoms with Gasteiger partial charge in [-0.1, -0.05) is 18.2 Å². The zero-order chi connectivity index (χ0) is 16.4. The number of benzene rings is 1. The second-order valence-corrected chi connectivity index (χ2v) is 5.61. The second kappa shape index (κ2) is 6.47. The van der Waals surface area contributed by atoms with Crippen molar-refractivity contribution in [2.24, 2.45) is 0 Å². The van der Waals surface area contributed by atoms with Gasteiger partial charge in [0.25, 0.3) is 5.91 Å². The number of rotatable bonds is 4. The largest absolute Gasteiger partial charge is 0.480 e. The maximum absolute atomic E-state index is 12.5. The number of hydrogen-bond acceptors (Lipinski definition) is 5. The molecule has 2 heterocycles. The van der Waals surface area contributed by atoms with Crippen molar-refractivity contribution in [1.29, 1.82) is 0 Å². The summed E-state index contributed by atoms with van der Waals surface area (Å²) in [5.74, 6) is -3.62. The van der Waals surface area contributed by atoms with Crippen LogP contribution in [0.4, 0.5) is 0 Å². The number of amides is 2. The molecule has 0 aliphatic carbocycles. The first-order chi connectivity index (χ1) is 11.1. The summed E-state index contributed by atoms with van der Waals surface area (Å²) in [6.45, 7) is 3.46. The Labute approximate surface area is 133 Å². The molecule has 2 aliphatic rings. The third-order valence-electron chi connectivity index (χ3n) is 4.25. The summed E-state index contributed by atoms with van der Waals surface area (Å²) in [6.07, 6.45) is 0. The maximum Gasteiger partial charge on any atom is 0.320 e. The Bertz CT molecular complexity index is 639. The molecule has 0 saturated carbocycles. The third-order valence-corrected chi connectivity index (χ3v) is 4.25. The maximum atomic E-state index is 12.5. The molecule has 0 aromatic heterocycles. The summed E-state index contributed by atoms with van der Waals surface area (Å²) >= 11 is 0. The van der Waals surface area contributed by atoms with Crippen LogP contribution in [0, 0.1) is 0 Å². The van der Waals surface area contributed by atoms with Crippen molar-refractivity contribution in [3.8, 4) is 0 Å². The van der Waals surface area contributed by atoms with Crippen molar-refractivity contribution < 1.29 is 24.2 Å². The van der Waals surface area contributed by atoms with E-state index in [2.05, 4.69) is 4.90 Å². The summed E-state index contributed by atoms with van der Waals surface area (Å²) in [7, 11) is 0. The molecule has 0 bridgehead atoms. The summed E-state index contributed by atoms with van der Waals surface area (Å²) in [5.41, 5.74) is 0.569. The van der Waals surface area contributed by atoms with Crippen LogP contribution in [0.2, 0.25) is 0 Å². The zero-order valence-corrected chi connectivity index (χ0v) is 12.6. The van der Waals surface area contributed by atoms with E-state index in [1.807, 2.05) is 0 Å². The van der Waals surface area contributed by atoms with Crippen molar-refractivity contribution in [3.05, 3.63) is 35.4 Å². The third kappa shape index (κ3) is 2.97. The van der Waals surface area contributed by atoms with Crippen LogP contribution in [0.3, 0.4) is 0 Å². The molecular formula is C16H18N2O5. The minimum Gasteiger partial charge on any atom is -0.480 e. The molecule has 1 atom stereocenters. The number of carbonyl (C=O) groups is 3. The number of carboxylic acids is 1. The van der Waals surface area contributed by atoms with Crippen molar-refractivity contribution in [2.45, 2.75) is 5.92 Å². The summed E-state index contributed by atoms with van der Waals surface area (Å²) in [4.78, 5) is 39.7. The first kappa shape index (κ1) is 15.6. The number of ether oxygens (including phenoxy) is 1. The van der Waals surface area contributed by atoms with Crippen LogP contribution in [0.15, 0.2) is 24.3 Å². The number of hydrogen-bond donors (Lipinski definition) is 1. The van der Waals surface area contributed by atoms with Gasteiger partial charge in [0.2, 0.25) is 5.91 Å². The molecule has 1 unspecified atom stereocenters. The van der Waals surface area contributed by atoms with E-state index in [-0.39, 0.29) is 12.1 Å². The van der Waals surface area contributed by atoms with E-state index in [1.54, 1.807) is 18.2 Å². The van der Waals surface area contributed by atoms with Crippen LogP contribution < -0.4 is 0 Å². The second-order valence-electron chi connectivity index (χ2n) is 5.61. The van der Waals surface area contributed by atoms with E-state index < -0.39 is 23.7 Å². The number of morpholine rings is 1. The van der Waals surface area contributed by atoms with Crippen molar-refractivity contribution in [3.63, 3.8) is 0 Å². The topological polar surface area (TPSA) is 87.2 Å². The van der Waals surface area contributed by atoms with E-state index in [0.29, 0.717) is 25.3 Å². The standard InChI is InChI=1S/C16H18N2O5/c19-14-12-4-2-1-3-11(12)13(16(21)22)15(20)18(14)6-5-17-7-9-23-10-8-17/h1-4,13H,5-10H2,(H,21,22). The van der Waals surface area contributed by atoms with Gasteiger partial charge in [0.15, 0.2) is 5.92 Å². The molecule has 1 fully saturated rings. The molecule has 7 heteroatoms. The summed E-state index contributed by atoms with van der Waals surface area (Å²) in [6, 6.07) is 6.41. The molecule has 2 aliphatic heterocycles. The van der Waals surface area contributed by atoms with Crippen LogP contribution in [0.1, 0.15) is 21.8 Å². The number of carboxylic acid groups (broad SMARTS) is 1. The van der Waals surface area contributed by atoms with Gasteiger partial charge in [-0.05, 0) is 11.6 Å². The Morgan fingerprint density at radius 2 is 1.87 bits per heavy atom. The van der Waals surface area contributed by atoms with Gasteiger partial charge < -0.3 is 9.84 Å². The van der Waals surface area contributed by atoms with Crippen LogP contribution in [-0.2, 0) is 14.3 Å². The molecule has 3 rings (SSSR count). The van der Waals surface area contributed by atoms with Crippen LogP contribution in [0.5, 0.6) is 0 Å². The van der Waals surface area contributed by atoms with Gasteiger partial charge in [-0.25, -0.2) is 0 Å². The SMILES string of the molecule is O=C(O)C1C(=O)N(CCN2CCOCC2)C(=O)c2ccccc21. The number of nitrogens with zero attached hydrogens (tertiary/aromatic N) is 2. The van der Waals surface area contributed by atoms with E-state index in [9.17, 15) is 19.5 Å². The quantitative estimate of drug-likeness (QED) is 0.629. The Hall–Kier alpha value is -2.25. The van der Waals surface area contributed by atoms with E-state index in [0.717, 1.165) is 18.0 Å². The van der Waals surface area contributed by atoms with Crippen LogP contribution in [-0.4, -0.2) is 72.1 Å². The Morgan fingerprint density at radius 1 is 1.17 bits per heavy atom. The Balaban J connectivity index is 1.82. The van der Waals surface area contributed by atoms with Gasteiger partial charge in [-0.15, -0.1) is 0 Å². The number of imide groups is 1. The van der Waals surface area contributed by atoms with Crippen molar-refractivity contribution >= 4 is 17.8 Å². The molecule has 23 heavy (non-hydrogen) atoms. The average molecular weight is 318 g/mol. The smallest absolute Gasteiger partial charge is 0.320 e. The molecule has 1 aromatic rings. The average Bonchev–Trinajstić information content (AvgIpc) is 2.55. The predicted octanol–water partition coefficient (Wildman–Crippen LogP) is 0.169. The highest BCUT2D eigenvalue weighted by Gasteiger charge is 2.42. The normalized spacial score (nSPS) is 22.1. The molecule has 1 saturated heterocycles. The van der Waals surface area contributed by atoms with Gasteiger partial charge in [0.05, 0.1) is 13.2 Å².